The van der Waals surface area contributed by atoms with E-state index in [0.717, 1.165) is 30.8 Å². The summed E-state index contributed by atoms with van der Waals surface area (Å²) in [7, 11) is 0. The first-order chi connectivity index (χ1) is 8.94. The molecule has 0 aromatic heterocycles. The molecule has 1 aromatic carbocycles. The molecule has 0 N–H and O–H groups in total. The van der Waals surface area contributed by atoms with Crippen LogP contribution in [0.2, 0.25) is 0 Å². The maximum Gasteiger partial charge on any atom is 0.159 e. The van der Waals surface area contributed by atoms with Crippen LogP contribution in [0, 0.1) is 22.7 Å². The van der Waals surface area contributed by atoms with E-state index in [-0.39, 0.29) is 17.1 Å². The van der Waals surface area contributed by atoms with Gasteiger partial charge in [0.2, 0.25) is 0 Å². The van der Waals surface area contributed by atoms with E-state index in [1.54, 1.807) is 6.92 Å². The van der Waals surface area contributed by atoms with Crippen molar-refractivity contribution in [3.63, 3.8) is 0 Å². The van der Waals surface area contributed by atoms with Crippen LogP contribution in [0.1, 0.15) is 37.6 Å². The highest BCUT2D eigenvalue weighted by molar-refractivity contribution is 5.95. The molecular weight excluding hydrogens is 236 g/mol. The Bertz CT molecular complexity index is 528. The number of hydrogen-bond acceptors (Lipinski definition) is 3. The van der Waals surface area contributed by atoms with E-state index >= 15 is 0 Å². The van der Waals surface area contributed by atoms with E-state index in [1.165, 1.54) is 0 Å². The molecule has 3 heteroatoms. The third-order valence-electron chi connectivity index (χ3n) is 4.15. The van der Waals surface area contributed by atoms with E-state index in [0.29, 0.717) is 0 Å². The van der Waals surface area contributed by atoms with Gasteiger partial charge in [0, 0.05) is 24.3 Å². The Kier molecular flexibility index (Phi) is 3.61. The molecule has 1 fully saturated rings. The van der Waals surface area contributed by atoms with Crippen LogP contribution in [-0.4, -0.2) is 18.9 Å². The lowest BCUT2D eigenvalue weighted by Crippen LogP contribution is -2.44. The zero-order valence-corrected chi connectivity index (χ0v) is 11.8. The Morgan fingerprint density at radius 1 is 1.47 bits per heavy atom. The fourth-order valence-corrected chi connectivity index (χ4v) is 2.53. The molecular formula is C16H20N2O. The standard InChI is InChI=1S/C16H20N2O/c1-12(19)13-5-4-6-15(9-13)18-8-7-16(2,3)14(10-17)11-18/h4-6,9,14H,7-8,11H2,1-3H3. The van der Waals surface area contributed by atoms with Crippen LogP contribution in [0.3, 0.4) is 0 Å². The first-order valence-electron chi connectivity index (χ1n) is 6.69. The van der Waals surface area contributed by atoms with Crippen molar-refractivity contribution in [3.05, 3.63) is 29.8 Å². The number of hydrogen-bond donors (Lipinski definition) is 0. The number of rotatable bonds is 2. The smallest absolute Gasteiger partial charge is 0.159 e. The highest BCUT2D eigenvalue weighted by Gasteiger charge is 2.35. The van der Waals surface area contributed by atoms with E-state index < -0.39 is 0 Å². The first-order valence-corrected chi connectivity index (χ1v) is 6.69. The quantitative estimate of drug-likeness (QED) is 0.763. The average molecular weight is 256 g/mol. The zero-order chi connectivity index (χ0) is 14.0. The molecule has 1 aromatic rings. The van der Waals surface area contributed by atoms with Gasteiger partial charge in [0.15, 0.2) is 5.78 Å². The summed E-state index contributed by atoms with van der Waals surface area (Å²) in [6.45, 7) is 7.57. The van der Waals surface area contributed by atoms with Gasteiger partial charge in [-0.05, 0) is 30.9 Å². The number of Topliss-reactive ketones (excluding diaryl/α,β-unsaturated/α-hetero) is 1. The number of benzene rings is 1. The molecule has 0 radical (unpaired) electrons. The predicted molar refractivity (Wildman–Crippen MR) is 76.2 cm³/mol. The molecule has 0 spiro atoms. The monoisotopic (exact) mass is 256 g/mol. The Labute approximate surface area is 114 Å². The molecule has 3 nitrogen and oxygen atoms in total. The number of piperidine rings is 1. The summed E-state index contributed by atoms with van der Waals surface area (Å²) >= 11 is 0. The molecule has 100 valence electrons. The average Bonchev–Trinajstić information content (AvgIpc) is 2.38. The highest BCUT2D eigenvalue weighted by Crippen LogP contribution is 2.36. The van der Waals surface area contributed by atoms with Crippen molar-refractivity contribution in [1.82, 2.24) is 0 Å². The lowest BCUT2D eigenvalue weighted by atomic mass is 9.74. The predicted octanol–water partition coefficient (Wildman–Crippen LogP) is 3.27. The summed E-state index contributed by atoms with van der Waals surface area (Å²) in [6.07, 6.45) is 0.996. The van der Waals surface area contributed by atoms with Crippen molar-refractivity contribution in [2.45, 2.75) is 27.2 Å². The van der Waals surface area contributed by atoms with Gasteiger partial charge in [0.05, 0.1) is 12.0 Å². The van der Waals surface area contributed by atoms with Gasteiger partial charge in [0.1, 0.15) is 0 Å². The molecule has 1 unspecified atom stereocenters. The normalized spacial score (nSPS) is 21.8. The molecule has 1 aliphatic rings. The van der Waals surface area contributed by atoms with Gasteiger partial charge < -0.3 is 4.90 Å². The topological polar surface area (TPSA) is 44.1 Å². The molecule has 0 aliphatic carbocycles. The molecule has 1 heterocycles. The lowest BCUT2D eigenvalue weighted by Gasteiger charge is -2.41. The minimum Gasteiger partial charge on any atom is -0.370 e. The van der Waals surface area contributed by atoms with Crippen molar-refractivity contribution in [2.24, 2.45) is 11.3 Å². The van der Waals surface area contributed by atoms with Crippen LogP contribution in [0.4, 0.5) is 5.69 Å². The molecule has 1 aliphatic heterocycles. The Balaban J connectivity index is 2.22. The third kappa shape index (κ3) is 2.78. The number of anilines is 1. The van der Waals surface area contributed by atoms with Crippen molar-refractivity contribution >= 4 is 11.5 Å². The zero-order valence-electron chi connectivity index (χ0n) is 11.8. The number of carbonyl (C=O) groups excluding carboxylic acids is 1. The van der Waals surface area contributed by atoms with E-state index in [2.05, 4.69) is 24.8 Å². The van der Waals surface area contributed by atoms with E-state index in [1.807, 2.05) is 24.3 Å². The summed E-state index contributed by atoms with van der Waals surface area (Å²) < 4.78 is 0. The molecule has 1 saturated heterocycles. The minimum atomic E-state index is 0.0298. The second-order valence-corrected chi connectivity index (χ2v) is 5.97. The number of nitrogens with zero attached hydrogens (tertiary/aromatic N) is 2. The summed E-state index contributed by atoms with van der Waals surface area (Å²) in [5.74, 6) is 0.109. The summed E-state index contributed by atoms with van der Waals surface area (Å²) in [5, 5.41) is 9.30. The SMILES string of the molecule is CC(=O)c1cccc(N2CCC(C)(C)C(C#N)C2)c1. The van der Waals surface area contributed by atoms with Gasteiger partial charge in [-0.2, -0.15) is 5.26 Å². The Morgan fingerprint density at radius 2 is 2.21 bits per heavy atom. The van der Waals surface area contributed by atoms with Crippen molar-refractivity contribution in [1.29, 1.82) is 5.26 Å². The molecule has 0 amide bonds. The Hall–Kier alpha value is -1.82. The second-order valence-electron chi connectivity index (χ2n) is 5.97. The fraction of sp³-hybridized carbons (Fsp3) is 0.500. The van der Waals surface area contributed by atoms with Crippen LogP contribution in [0.15, 0.2) is 24.3 Å². The van der Waals surface area contributed by atoms with Gasteiger partial charge in [-0.25, -0.2) is 0 Å². The van der Waals surface area contributed by atoms with Crippen LogP contribution in [0.5, 0.6) is 0 Å². The maximum absolute atomic E-state index is 11.4. The van der Waals surface area contributed by atoms with E-state index in [9.17, 15) is 10.1 Å². The van der Waals surface area contributed by atoms with E-state index in [4.69, 9.17) is 0 Å². The van der Waals surface area contributed by atoms with Crippen LogP contribution in [0.25, 0.3) is 0 Å². The summed E-state index contributed by atoms with van der Waals surface area (Å²) in [4.78, 5) is 13.6. The highest BCUT2D eigenvalue weighted by atomic mass is 16.1. The number of ketones is 1. The molecule has 1 atom stereocenters. The minimum absolute atomic E-state index is 0.0298. The first kappa shape index (κ1) is 13.6. The molecule has 2 rings (SSSR count). The van der Waals surface area contributed by atoms with Crippen LogP contribution < -0.4 is 4.90 Å². The number of nitriles is 1. The largest absolute Gasteiger partial charge is 0.370 e. The summed E-state index contributed by atoms with van der Waals surface area (Å²) in [6, 6.07) is 10.1. The van der Waals surface area contributed by atoms with Crippen LogP contribution in [-0.2, 0) is 0 Å². The van der Waals surface area contributed by atoms with Gasteiger partial charge in [-0.1, -0.05) is 26.0 Å². The Morgan fingerprint density at radius 3 is 2.84 bits per heavy atom. The number of carbonyl (C=O) groups is 1. The molecule has 0 bridgehead atoms. The third-order valence-corrected chi connectivity index (χ3v) is 4.15. The lowest BCUT2D eigenvalue weighted by molar-refractivity contribution is 0.101. The van der Waals surface area contributed by atoms with Gasteiger partial charge >= 0.3 is 0 Å². The second kappa shape index (κ2) is 5.05. The van der Waals surface area contributed by atoms with Crippen LogP contribution >= 0.6 is 0 Å². The summed E-state index contributed by atoms with van der Waals surface area (Å²) in [5.41, 5.74) is 1.85. The van der Waals surface area contributed by atoms with Crippen molar-refractivity contribution < 1.29 is 4.79 Å². The fourth-order valence-electron chi connectivity index (χ4n) is 2.53. The molecule has 0 saturated carbocycles. The van der Waals surface area contributed by atoms with Gasteiger partial charge in [0.25, 0.3) is 0 Å². The van der Waals surface area contributed by atoms with Gasteiger partial charge in [-0.15, -0.1) is 0 Å². The maximum atomic E-state index is 11.4. The molecule has 19 heavy (non-hydrogen) atoms. The van der Waals surface area contributed by atoms with Crippen molar-refractivity contribution in [3.8, 4) is 6.07 Å². The van der Waals surface area contributed by atoms with Crippen molar-refractivity contribution in [2.75, 3.05) is 18.0 Å². The van der Waals surface area contributed by atoms with Gasteiger partial charge in [-0.3, -0.25) is 4.79 Å².